The summed E-state index contributed by atoms with van der Waals surface area (Å²) in [5.74, 6) is 0.318. The topological polar surface area (TPSA) is 55.1 Å². The average molecular weight is 220 g/mol. The fourth-order valence-electron chi connectivity index (χ4n) is 1.47. The first kappa shape index (κ1) is 12.7. The third-order valence-corrected chi connectivity index (χ3v) is 2.67. The maximum Gasteiger partial charge on any atom is 0.220 e. The van der Waals surface area contributed by atoms with E-state index in [9.17, 15) is 4.79 Å². The first-order valence-electron chi connectivity index (χ1n) is 5.64. The summed E-state index contributed by atoms with van der Waals surface area (Å²) in [7, 11) is 0. The molecule has 0 radical (unpaired) electrons. The monoisotopic (exact) mass is 220 g/mol. The zero-order valence-corrected chi connectivity index (χ0v) is 9.99. The smallest absolute Gasteiger partial charge is 0.220 e. The molecule has 0 aromatic heterocycles. The first-order valence-corrected chi connectivity index (χ1v) is 5.64. The van der Waals surface area contributed by atoms with E-state index in [-0.39, 0.29) is 11.8 Å². The van der Waals surface area contributed by atoms with Crippen LogP contribution < -0.4 is 11.1 Å². The third-order valence-electron chi connectivity index (χ3n) is 2.67. The number of amides is 1. The average Bonchev–Trinajstić information content (AvgIpc) is 2.28. The summed E-state index contributed by atoms with van der Waals surface area (Å²) in [6, 6.07) is 8.06. The van der Waals surface area contributed by atoms with Gasteiger partial charge in [-0.2, -0.15) is 0 Å². The van der Waals surface area contributed by atoms with Gasteiger partial charge in [0.25, 0.3) is 0 Å². The van der Waals surface area contributed by atoms with Crippen LogP contribution in [0.1, 0.15) is 24.5 Å². The quantitative estimate of drug-likeness (QED) is 0.792. The van der Waals surface area contributed by atoms with Crippen molar-refractivity contribution in [3.63, 3.8) is 0 Å². The van der Waals surface area contributed by atoms with E-state index in [4.69, 9.17) is 5.73 Å². The molecule has 1 amide bonds. The third kappa shape index (κ3) is 4.03. The first-order chi connectivity index (χ1) is 7.63. The molecule has 0 spiro atoms. The van der Waals surface area contributed by atoms with Crippen molar-refractivity contribution in [2.45, 2.75) is 26.8 Å². The van der Waals surface area contributed by atoms with Gasteiger partial charge in [0.15, 0.2) is 0 Å². The molecule has 1 unspecified atom stereocenters. The minimum Gasteiger partial charge on any atom is -0.352 e. The highest BCUT2D eigenvalue weighted by molar-refractivity contribution is 5.76. The van der Waals surface area contributed by atoms with Gasteiger partial charge in [-0.1, -0.05) is 31.2 Å². The van der Waals surface area contributed by atoms with Crippen LogP contribution in [0.3, 0.4) is 0 Å². The zero-order valence-electron chi connectivity index (χ0n) is 9.99. The highest BCUT2D eigenvalue weighted by Crippen LogP contribution is 2.06. The number of aryl methyl sites for hydroxylation is 1. The van der Waals surface area contributed by atoms with Gasteiger partial charge >= 0.3 is 0 Å². The maximum absolute atomic E-state index is 11.5. The number of nitrogens with one attached hydrogen (secondary N) is 1. The summed E-state index contributed by atoms with van der Waals surface area (Å²) < 4.78 is 0. The van der Waals surface area contributed by atoms with Gasteiger partial charge in [-0.05, 0) is 30.5 Å². The molecular formula is C13H20N2O. The molecular weight excluding hydrogens is 200 g/mol. The zero-order chi connectivity index (χ0) is 12.0. The predicted octanol–water partition coefficient (Wildman–Crippen LogP) is 1.60. The second kappa shape index (κ2) is 6.28. The van der Waals surface area contributed by atoms with Crippen molar-refractivity contribution in [2.75, 3.05) is 6.54 Å². The van der Waals surface area contributed by atoms with Gasteiger partial charge < -0.3 is 11.1 Å². The fraction of sp³-hybridized carbons (Fsp3) is 0.462. The van der Waals surface area contributed by atoms with Crippen molar-refractivity contribution in [1.82, 2.24) is 5.32 Å². The van der Waals surface area contributed by atoms with Crippen molar-refractivity contribution < 1.29 is 4.79 Å². The van der Waals surface area contributed by atoms with Crippen LogP contribution >= 0.6 is 0 Å². The van der Waals surface area contributed by atoms with Crippen LogP contribution in [0, 0.1) is 12.8 Å². The van der Waals surface area contributed by atoms with Crippen LogP contribution in [-0.4, -0.2) is 12.5 Å². The van der Waals surface area contributed by atoms with Gasteiger partial charge in [0, 0.05) is 13.0 Å². The van der Waals surface area contributed by atoms with Crippen LogP contribution in [0.5, 0.6) is 0 Å². The summed E-state index contributed by atoms with van der Waals surface area (Å²) >= 11 is 0. The maximum atomic E-state index is 11.5. The van der Waals surface area contributed by atoms with Gasteiger partial charge in [-0.3, -0.25) is 4.79 Å². The number of rotatable bonds is 5. The Morgan fingerprint density at radius 3 is 2.75 bits per heavy atom. The summed E-state index contributed by atoms with van der Waals surface area (Å²) in [4.78, 5) is 11.5. The fourth-order valence-corrected chi connectivity index (χ4v) is 1.47. The number of benzene rings is 1. The van der Waals surface area contributed by atoms with Crippen molar-refractivity contribution in [3.05, 3.63) is 35.4 Å². The molecule has 1 aromatic rings. The van der Waals surface area contributed by atoms with E-state index in [2.05, 4.69) is 5.32 Å². The Bertz CT molecular complexity index is 350. The molecule has 1 aromatic carbocycles. The van der Waals surface area contributed by atoms with E-state index in [1.807, 2.05) is 38.1 Å². The molecule has 0 aliphatic carbocycles. The van der Waals surface area contributed by atoms with E-state index in [0.29, 0.717) is 19.5 Å². The largest absolute Gasteiger partial charge is 0.352 e. The molecule has 0 bridgehead atoms. The Balaban J connectivity index is 2.40. The van der Waals surface area contributed by atoms with Crippen molar-refractivity contribution in [2.24, 2.45) is 11.7 Å². The second-order valence-corrected chi connectivity index (χ2v) is 4.25. The molecule has 1 rings (SSSR count). The molecule has 88 valence electrons. The standard InChI is InChI=1S/C13H20N2O/c1-10(8-14)7-13(16)15-9-12-6-4-3-5-11(12)2/h3-6,10H,7-9,14H2,1-2H3,(H,15,16). The molecule has 0 saturated carbocycles. The highest BCUT2D eigenvalue weighted by Gasteiger charge is 2.07. The van der Waals surface area contributed by atoms with Crippen LogP contribution in [0.4, 0.5) is 0 Å². The molecule has 1 atom stereocenters. The molecule has 16 heavy (non-hydrogen) atoms. The van der Waals surface area contributed by atoms with Gasteiger partial charge in [-0.25, -0.2) is 0 Å². The SMILES string of the molecule is Cc1ccccc1CNC(=O)CC(C)CN. The van der Waals surface area contributed by atoms with Gasteiger partial charge in [0.1, 0.15) is 0 Å². The lowest BCUT2D eigenvalue weighted by Gasteiger charge is -2.10. The van der Waals surface area contributed by atoms with Crippen LogP contribution in [0.25, 0.3) is 0 Å². The molecule has 0 fully saturated rings. The number of hydrogen-bond donors (Lipinski definition) is 2. The summed E-state index contributed by atoms with van der Waals surface area (Å²) in [5.41, 5.74) is 7.84. The molecule has 3 nitrogen and oxygen atoms in total. The number of carbonyl (C=O) groups is 1. The van der Waals surface area contributed by atoms with E-state index in [1.54, 1.807) is 0 Å². The van der Waals surface area contributed by atoms with E-state index < -0.39 is 0 Å². The Morgan fingerprint density at radius 1 is 1.44 bits per heavy atom. The van der Waals surface area contributed by atoms with Crippen LogP contribution in [-0.2, 0) is 11.3 Å². The van der Waals surface area contributed by atoms with Gasteiger partial charge in [0.2, 0.25) is 5.91 Å². The Morgan fingerprint density at radius 2 is 2.12 bits per heavy atom. The Kier molecular flexibility index (Phi) is 4.99. The molecule has 0 aliphatic rings. The minimum atomic E-state index is 0.0706. The predicted molar refractivity (Wildman–Crippen MR) is 65.9 cm³/mol. The van der Waals surface area contributed by atoms with E-state index >= 15 is 0 Å². The molecule has 3 heteroatoms. The lowest BCUT2D eigenvalue weighted by atomic mass is 10.1. The summed E-state index contributed by atoms with van der Waals surface area (Å²) in [6.07, 6.45) is 0.502. The number of carbonyl (C=O) groups excluding carboxylic acids is 1. The summed E-state index contributed by atoms with van der Waals surface area (Å²) in [5, 5.41) is 2.91. The lowest BCUT2D eigenvalue weighted by molar-refractivity contribution is -0.122. The molecule has 0 aliphatic heterocycles. The normalized spacial score (nSPS) is 12.2. The van der Waals surface area contributed by atoms with Crippen molar-refractivity contribution in [1.29, 1.82) is 0 Å². The second-order valence-electron chi connectivity index (χ2n) is 4.25. The minimum absolute atomic E-state index is 0.0706. The Hall–Kier alpha value is -1.35. The number of hydrogen-bond acceptors (Lipinski definition) is 2. The molecule has 0 heterocycles. The summed E-state index contributed by atoms with van der Waals surface area (Å²) in [6.45, 7) is 5.18. The van der Waals surface area contributed by atoms with Crippen LogP contribution in [0.2, 0.25) is 0 Å². The molecule has 0 saturated heterocycles. The van der Waals surface area contributed by atoms with Crippen molar-refractivity contribution >= 4 is 5.91 Å². The van der Waals surface area contributed by atoms with Gasteiger partial charge in [0.05, 0.1) is 0 Å². The van der Waals surface area contributed by atoms with Crippen molar-refractivity contribution in [3.8, 4) is 0 Å². The van der Waals surface area contributed by atoms with Gasteiger partial charge in [-0.15, -0.1) is 0 Å². The highest BCUT2D eigenvalue weighted by atomic mass is 16.1. The van der Waals surface area contributed by atoms with Crippen LogP contribution in [0.15, 0.2) is 24.3 Å². The number of nitrogens with two attached hydrogens (primary N) is 1. The lowest BCUT2D eigenvalue weighted by Crippen LogP contribution is -2.26. The Labute approximate surface area is 97.0 Å². The van der Waals surface area contributed by atoms with E-state index in [1.165, 1.54) is 5.56 Å². The van der Waals surface area contributed by atoms with E-state index in [0.717, 1.165) is 5.56 Å². The molecule has 3 N–H and O–H groups in total.